The van der Waals surface area contributed by atoms with E-state index >= 15 is 0 Å². The minimum atomic E-state index is 0.0350. The molecule has 0 aromatic heterocycles. The summed E-state index contributed by atoms with van der Waals surface area (Å²) in [5.41, 5.74) is 0. The molecule has 1 aliphatic heterocycles. The predicted octanol–water partition coefficient (Wildman–Crippen LogP) is 3.25. The lowest BCUT2D eigenvalue weighted by atomic mass is 10.0. The van der Waals surface area contributed by atoms with E-state index in [9.17, 15) is 4.79 Å². The van der Waals surface area contributed by atoms with Crippen LogP contribution in [0, 0.1) is 17.8 Å². The van der Waals surface area contributed by atoms with Crippen LogP contribution in [0.15, 0.2) is 0 Å². The lowest BCUT2D eigenvalue weighted by Gasteiger charge is -2.28. The highest BCUT2D eigenvalue weighted by Gasteiger charge is 2.39. The van der Waals surface area contributed by atoms with Crippen molar-refractivity contribution in [2.45, 2.75) is 73.0 Å². The minimum absolute atomic E-state index is 0.0350. The number of carbonyl (C=O) groups is 1. The Bertz CT molecular complexity index is 288. The Hall–Kier alpha value is -0.570. The van der Waals surface area contributed by atoms with Crippen molar-refractivity contribution >= 4 is 5.91 Å². The molecule has 3 nitrogen and oxygen atoms in total. The fourth-order valence-corrected chi connectivity index (χ4v) is 2.71. The second kappa shape index (κ2) is 7.28. The topological polar surface area (TPSA) is 32.3 Å². The number of nitrogens with one attached hydrogen (secondary N) is 1. The van der Waals surface area contributed by atoms with Crippen LogP contribution in [0.5, 0.6) is 0 Å². The van der Waals surface area contributed by atoms with Crippen molar-refractivity contribution in [3.8, 4) is 0 Å². The van der Waals surface area contributed by atoms with Crippen LogP contribution < -0.4 is 5.32 Å². The molecule has 0 saturated carbocycles. The van der Waals surface area contributed by atoms with Crippen LogP contribution in [-0.2, 0) is 4.79 Å². The zero-order valence-electron chi connectivity index (χ0n) is 13.6. The van der Waals surface area contributed by atoms with Crippen LogP contribution in [0.2, 0.25) is 0 Å². The summed E-state index contributed by atoms with van der Waals surface area (Å²) in [6, 6.07) is 0.0350. The molecule has 1 heterocycles. The van der Waals surface area contributed by atoms with Gasteiger partial charge in [0.15, 0.2) is 0 Å². The normalized spacial score (nSPS) is 25.7. The molecule has 0 bridgehead atoms. The van der Waals surface area contributed by atoms with E-state index in [1.54, 1.807) is 0 Å². The lowest BCUT2D eigenvalue weighted by molar-refractivity contribution is -0.131. The molecule has 1 N–H and O–H groups in total. The second-order valence-electron chi connectivity index (χ2n) is 7.00. The quantitative estimate of drug-likeness (QED) is 0.768. The number of nitrogens with zero attached hydrogens (tertiary/aromatic N) is 1. The van der Waals surface area contributed by atoms with Crippen LogP contribution >= 0.6 is 0 Å². The molecular formula is C16H32N2O. The Morgan fingerprint density at radius 3 is 2.16 bits per heavy atom. The number of hydrogen-bond acceptors (Lipinski definition) is 2. The van der Waals surface area contributed by atoms with Gasteiger partial charge in [-0.2, -0.15) is 0 Å². The third-order valence-electron chi connectivity index (χ3n) is 3.96. The van der Waals surface area contributed by atoms with Gasteiger partial charge in [0.1, 0.15) is 0 Å². The van der Waals surface area contributed by atoms with Gasteiger partial charge in [-0.25, -0.2) is 0 Å². The maximum atomic E-state index is 12.5. The highest BCUT2D eigenvalue weighted by molar-refractivity contribution is 5.84. The van der Waals surface area contributed by atoms with Gasteiger partial charge in [0.2, 0.25) is 5.91 Å². The van der Waals surface area contributed by atoms with Crippen molar-refractivity contribution in [1.29, 1.82) is 0 Å². The molecule has 112 valence electrons. The standard InChI is InChI=1S/C16H32N2O/c1-7-13(6)10-18-15(9-12(4)5)17-14(16(18)19)8-11(2)3/h11-15,17H,7-10H2,1-6H3. The number of hydrogen-bond donors (Lipinski definition) is 1. The van der Waals surface area contributed by atoms with E-state index in [1.807, 2.05) is 0 Å². The van der Waals surface area contributed by atoms with E-state index in [-0.39, 0.29) is 12.2 Å². The summed E-state index contributed by atoms with van der Waals surface area (Å²) in [7, 11) is 0. The predicted molar refractivity (Wildman–Crippen MR) is 80.8 cm³/mol. The summed E-state index contributed by atoms with van der Waals surface area (Å²) in [5.74, 6) is 2.07. The number of rotatable bonds is 7. The summed E-state index contributed by atoms with van der Waals surface area (Å²) in [6.45, 7) is 14.1. The van der Waals surface area contributed by atoms with Crippen LogP contribution in [-0.4, -0.2) is 29.6 Å². The average Bonchev–Trinajstić information content (AvgIpc) is 2.56. The highest BCUT2D eigenvalue weighted by atomic mass is 16.2. The first-order valence-corrected chi connectivity index (χ1v) is 7.91. The van der Waals surface area contributed by atoms with E-state index < -0.39 is 0 Å². The van der Waals surface area contributed by atoms with E-state index in [1.165, 1.54) is 0 Å². The molecule has 3 unspecified atom stereocenters. The van der Waals surface area contributed by atoms with Gasteiger partial charge in [0.05, 0.1) is 12.2 Å². The van der Waals surface area contributed by atoms with Gasteiger partial charge in [-0.15, -0.1) is 0 Å². The van der Waals surface area contributed by atoms with E-state index in [0.717, 1.165) is 25.8 Å². The first-order valence-electron chi connectivity index (χ1n) is 7.91. The summed E-state index contributed by atoms with van der Waals surface area (Å²) in [6.07, 6.45) is 3.37. The molecule has 0 aromatic carbocycles. The fourth-order valence-electron chi connectivity index (χ4n) is 2.71. The highest BCUT2D eigenvalue weighted by Crippen LogP contribution is 2.23. The summed E-state index contributed by atoms with van der Waals surface area (Å²) >= 11 is 0. The zero-order valence-corrected chi connectivity index (χ0v) is 13.6. The molecule has 1 aliphatic rings. The Morgan fingerprint density at radius 2 is 1.68 bits per heavy atom. The van der Waals surface area contributed by atoms with Crippen LogP contribution in [0.1, 0.15) is 60.8 Å². The Morgan fingerprint density at radius 1 is 1.11 bits per heavy atom. The Balaban J connectivity index is 2.73. The molecule has 19 heavy (non-hydrogen) atoms. The lowest BCUT2D eigenvalue weighted by Crippen LogP contribution is -2.40. The number of carbonyl (C=O) groups excluding carboxylic acids is 1. The van der Waals surface area contributed by atoms with Crippen molar-refractivity contribution in [3.63, 3.8) is 0 Å². The van der Waals surface area contributed by atoms with Gasteiger partial charge in [-0.3, -0.25) is 10.1 Å². The zero-order chi connectivity index (χ0) is 14.6. The maximum Gasteiger partial charge on any atom is 0.241 e. The third-order valence-corrected chi connectivity index (χ3v) is 3.96. The molecule has 1 saturated heterocycles. The van der Waals surface area contributed by atoms with E-state index in [2.05, 4.69) is 51.8 Å². The maximum absolute atomic E-state index is 12.5. The van der Waals surface area contributed by atoms with Gasteiger partial charge in [0, 0.05) is 6.54 Å². The first kappa shape index (κ1) is 16.5. The van der Waals surface area contributed by atoms with Crippen LogP contribution in [0.4, 0.5) is 0 Å². The first-order chi connectivity index (χ1) is 8.85. The van der Waals surface area contributed by atoms with Crippen molar-refractivity contribution in [2.75, 3.05) is 6.54 Å². The van der Waals surface area contributed by atoms with Crippen molar-refractivity contribution in [3.05, 3.63) is 0 Å². The van der Waals surface area contributed by atoms with Gasteiger partial charge in [-0.1, -0.05) is 48.0 Å². The van der Waals surface area contributed by atoms with Gasteiger partial charge in [0.25, 0.3) is 0 Å². The molecular weight excluding hydrogens is 236 g/mol. The largest absolute Gasteiger partial charge is 0.326 e. The average molecular weight is 268 g/mol. The monoisotopic (exact) mass is 268 g/mol. The molecule has 0 aliphatic carbocycles. The minimum Gasteiger partial charge on any atom is -0.326 e. The molecule has 3 heteroatoms. The molecule has 1 rings (SSSR count). The molecule has 1 fully saturated rings. The van der Waals surface area contributed by atoms with Crippen LogP contribution in [0.25, 0.3) is 0 Å². The molecule has 0 aromatic rings. The summed E-state index contributed by atoms with van der Waals surface area (Å²) < 4.78 is 0. The van der Waals surface area contributed by atoms with Gasteiger partial charge >= 0.3 is 0 Å². The number of amides is 1. The molecule has 0 spiro atoms. The Kier molecular flexibility index (Phi) is 6.31. The van der Waals surface area contributed by atoms with Crippen LogP contribution in [0.3, 0.4) is 0 Å². The molecule has 1 amide bonds. The van der Waals surface area contributed by atoms with Gasteiger partial charge < -0.3 is 4.90 Å². The van der Waals surface area contributed by atoms with Crippen molar-refractivity contribution in [2.24, 2.45) is 17.8 Å². The molecule has 0 radical (unpaired) electrons. The third kappa shape index (κ3) is 4.79. The van der Waals surface area contributed by atoms with Gasteiger partial charge in [-0.05, 0) is 30.6 Å². The smallest absolute Gasteiger partial charge is 0.241 e. The SMILES string of the molecule is CCC(C)CN1C(=O)C(CC(C)C)NC1CC(C)C. The Labute approximate surface area is 119 Å². The summed E-state index contributed by atoms with van der Waals surface area (Å²) in [4.78, 5) is 14.6. The fraction of sp³-hybridized carbons (Fsp3) is 0.938. The van der Waals surface area contributed by atoms with E-state index in [0.29, 0.717) is 23.7 Å². The van der Waals surface area contributed by atoms with Crippen molar-refractivity contribution < 1.29 is 4.79 Å². The molecule has 3 atom stereocenters. The van der Waals surface area contributed by atoms with Crippen molar-refractivity contribution in [1.82, 2.24) is 10.2 Å². The second-order valence-corrected chi connectivity index (χ2v) is 7.00. The van der Waals surface area contributed by atoms with E-state index in [4.69, 9.17) is 0 Å². The summed E-state index contributed by atoms with van der Waals surface area (Å²) in [5, 5.41) is 3.56.